The molecule has 21 heavy (non-hydrogen) atoms. The van der Waals surface area contributed by atoms with Crippen LogP contribution in [0.25, 0.3) is 0 Å². The number of hydrogen-bond donors (Lipinski definition) is 1. The van der Waals surface area contributed by atoms with E-state index in [1.165, 1.54) is 13.0 Å². The van der Waals surface area contributed by atoms with Gasteiger partial charge in [-0.2, -0.15) is 0 Å². The van der Waals surface area contributed by atoms with Crippen molar-refractivity contribution in [2.45, 2.75) is 13.0 Å². The van der Waals surface area contributed by atoms with Gasteiger partial charge in [0.25, 0.3) is 5.91 Å². The lowest BCUT2D eigenvalue weighted by Crippen LogP contribution is -2.29. The van der Waals surface area contributed by atoms with Crippen LogP contribution in [0.2, 0.25) is 5.02 Å². The molecule has 7 heteroatoms. The minimum Gasteiger partial charge on any atom is -0.447 e. The number of esters is 1. The highest BCUT2D eigenvalue weighted by Crippen LogP contribution is 2.16. The summed E-state index contributed by atoms with van der Waals surface area (Å²) in [5.41, 5.74) is 0.563. The zero-order valence-corrected chi connectivity index (χ0v) is 13.3. The minimum atomic E-state index is -0.961. The summed E-state index contributed by atoms with van der Waals surface area (Å²) in [4.78, 5) is 23.6. The largest absolute Gasteiger partial charge is 0.447 e. The van der Waals surface area contributed by atoms with Crippen molar-refractivity contribution in [3.05, 3.63) is 51.9 Å². The molecule has 0 bridgehead atoms. The quantitative estimate of drug-likeness (QED) is 0.827. The molecule has 1 aromatic heterocycles. The molecule has 1 aromatic carbocycles. The molecule has 0 radical (unpaired) electrons. The molecule has 0 aliphatic carbocycles. The predicted molar refractivity (Wildman–Crippen MR) is 81.4 cm³/mol. The number of furan rings is 1. The summed E-state index contributed by atoms with van der Waals surface area (Å²) in [5.74, 6) is -1.14. The van der Waals surface area contributed by atoms with Crippen molar-refractivity contribution in [2.75, 3.05) is 5.32 Å². The standard InChI is InChI=1S/C14H11BrClNO4/c1-8(20-14(19)11-6-7-12(15)21-11)13(18)17-10-4-2-9(16)3-5-10/h2-8H,1H3,(H,17,18)/t8-/m0/s1. The van der Waals surface area contributed by atoms with E-state index in [0.29, 0.717) is 15.4 Å². The Kier molecular flexibility index (Phi) is 5.03. The number of hydrogen-bond acceptors (Lipinski definition) is 4. The Balaban J connectivity index is 1.93. The van der Waals surface area contributed by atoms with Crippen molar-refractivity contribution in [3.63, 3.8) is 0 Å². The van der Waals surface area contributed by atoms with Gasteiger partial charge in [-0.05, 0) is 59.3 Å². The van der Waals surface area contributed by atoms with Gasteiger partial charge in [0.2, 0.25) is 5.76 Å². The van der Waals surface area contributed by atoms with Crippen LogP contribution in [-0.2, 0) is 9.53 Å². The van der Waals surface area contributed by atoms with Crippen molar-refractivity contribution < 1.29 is 18.7 Å². The maximum atomic E-state index is 11.9. The molecule has 0 saturated carbocycles. The fourth-order valence-corrected chi connectivity index (χ4v) is 1.91. The number of benzene rings is 1. The second kappa shape index (κ2) is 6.78. The molecule has 1 amide bonds. The highest BCUT2D eigenvalue weighted by molar-refractivity contribution is 9.10. The number of anilines is 1. The third-order valence-corrected chi connectivity index (χ3v) is 3.22. The number of halogens is 2. The van der Waals surface area contributed by atoms with E-state index < -0.39 is 18.0 Å². The zero-order valence-electron chi connectivity index (χ0n) is 10.9. The number of carbonyl (C=O) groups is 2. The van der Waals surface area contributed by atoms with Gasteiger partial charge in [-0.1, -0.05) is 11.6 Å². The molecule has 0 aliphatic heterocycles. The van der Waals surface area contributed by atoms with Crippen LogP contribution in [0, 0.1) is 0 Å². The molecular weight excluding hydrogens is 362 g/mol. The van der Waals surface area contributed by atoms with Crippen LogP contribution in [0.15, 0.2) is 45.5 Å². The summed E-state index contributed by atoms with van der Waals surface area (Å²) >= 11 is 8.83. The average molecular weight is 373 g/mol. The van der Waals surface area contributed by atoms with Crippen LogP contribution in [0.1, 0.15) is 17.5 Å². The number of nitrogens with one attached hydrogen (secondary N) is 1. The molecule has 1 N–H and O–H groups in total. The molecule has 2 rings (SSSR count). The number of ether oxygens (including phenoxy) is 1. The van der Waals surface area contributed by atoms with Gasteiger partial charge in [0.05, 0.1) is 0 Å². The number of rotatable bonds is 4. The first-order chi connectivity index (χ1) is 9.95. The predicted octanol–water partition coefficient (Wildman–Crippen LogP) is 3.88. The average Bonchev–Trinajstić information content (AvgIpc) is 2.88. The first-order valence-corrected chi connectivity index (χ1v) is 7.15. The molecule has 110 valence electrons. The third-order valence-electron chi connectivity index (χ3n) is 2.54. The van der Waals surface area contributed by atoms with Crippen molar-refractivity contribution >= 4 is 45.1 Å². The van der Waals surface area contributed by atoms with Crippen LogP contribution in [-0.4, -0.2) is 18.0 Å². The van der Waals surface area contributed by atoms with Gasteiger partial charge >= 0.3 is 5.97 Å². The first kappa shape index (κ1) is 15.6. The fraction of sp³-hybridized carbons (Fsp3) is 0.143. The van der Waals surface area contributed by atoms with Gasteiger partial charge < -0.3 is 14.5 Å². The molecule has 2 aromatic rings. The lowest BCUT2D eigenvalue weighted by atomic mass is 10.3. The van der Waals surface area contributed by atoms with E-state index in [9.17, 15) is 9.59 Å². The van der Waals surface area contributed by atoms with Crippen molar-refractivity contribution in [3.8, 4) is 0 Å². The van der Waals surface area contributed by atoms with Crippen LogP contribution >= 0.6 is 27.5 Å². The molecular formula is C14H11BrClNO4. The molecule has 0 spiro atoms. The summed E-state index contributed by atoms with van der Waals surface area (Å²) in [6, 6.07) is 9.62. The maximum absolute atomic E-state index is 11.9. The summed E-state index contributed by atoms with van der Waals surface area (Å²) in [7, 11) is 0. The Morgan fingerprint density at radius 2 is 1.90 bits per heavy atom. The Morgan fingerprint density at radius 3 is 2.48 bits per heavy atom. The van der Waals surface area contributed by atoms with Gasteiger partial charge in [0.15, 0.2) is 10.8 Å². The molecule has 1 heterocycles. The van der Waals surface area contributed by atoms with Gasteiger partial charge in [-0.25, -0.2) is 4.79 Å². The van der Waals surface area contributed by atoms with E-state index >= 15 is 0 Å². The highest BCUT2D eigenvalue weighted by Gasteiger charge is 2.21. The lowest BCUT2D eigenvalue weighted by molar-refractivity contribution is -0.123. The van der Waals surface area contributed by atoms with E-state index in [-0.39, 0.29) is 5.76 Å². The SMILES string of the molecule is C[C@H](OC(=O)c1ccc(Br)o1)C(=O)Nc1ccc(Cl)cc1. The number of carbonyl (C=O) groups excluding carboxylic acids is 2. The molecule has 0 saturated heterocycles. The van der Waals surface area contributed by atoms with Gasteiger partial charge in [0, 0.05) is 10.7 Å². The second-order valence-electron chi connectivity index (χ2n) is 4.15. The van der Waals surface area contributed by atoms with E-state index in [1.807, 2.05) is 0 Å². The number of amides is 1. The van der Waals surface area contributed by atoms with Crippen molar-refractivity contribution in [2.24, 2.45) is 0 Å². The normalized spacial score (nSPS) is 11.8. The second-order valence-corrected chi connectivity index (χ2v) is 5.37. The molecule has 0 aliphatic rings. The van der Waals surface area contributed by atoms with Gasteiger partial charge in [-0.15, -0.1) is 0 Å². The molecule has 1 atom stereocenters. The summed E-state index contributed by atoms with van der Waals surface area (Å²) in [6.45, 7) is 1.47. The Hall–Kier alpha value is -1.79. The van der Waals surface area contributed by atoms with Gasteiger partial charge in [-0.3, -0.25) is 4.79 Å². The third kappa shape index (κ3) is 4.34. The van der Waals surface area contributed by atoms with Crippen molar-refractivity contribution in [1.82, 2.24) is 0 Å². The van der Waals surface area contributed by atoms with Gasteiger partial charge in [0.1, 0.15) is 0 Å². The summed E-state index contributed by atoms with van der Waals surface area (Å²) < 4.78 is 10.5. The zero-order chi connectivity index (χ0) is 15.4. The maximum Gasteiger partial charge on any atom is 0.375 e. The van der Waals surface area contributed by atoms with E-state index in [0.717, 1.165) is 0 Å². The topological polar surface area (TPSA) is 68.5 Å². The van der Waals surface area contributed by atoms with Crippen molar-refractivity contribution in [1.29, 1.82) is 0 Å². The Morgan fingerprint density at radius 1 is 1.24 bits per heavy atom. The molecule has 0 unspecified atom stereocenters. The van der Waals surface area contributed by atoms with E-state index in [2.05, 4.69) is 21.2 Å². The Bertz CT molecular complexity index is 653. The smallest absolute Gasteiger partial charge is 0.375 e. The Labute approximate surface area is 134 Å². The first-order valence-electron chi connectivity index (χ1n) is 5.98. The molecule has 0 fully saturated rings. The van der Waals surface area contributed by atoms with Crippen LogP contribution in [0.3, 0.4) is 0 Å². The van der Waals surface area contributed by atoms with Crippen LogP contribution in [0.5, 0.6) is 0 Å². The highest BCUT2D eigenvalue weighted by atomic mass is 79.9. The summed E-state index contributed by atoms with van der Waals surface area (Å²) in [5, 5.41) is 3.18. The van der Waals surface area contributed by atoms with E-state index in [1.54, 1.807) is 30.3 Å². The van der Waals surface area contributed by atoms with Crippen LogP contribution in [0.4, 0.5) is 5.69 Å². The summed E-state index contributed by atoms with van der Waals surface area (Å²) in [6.07, 6.45) is -0.961. The minimum absolute atomic E-state index is 0.0213. The molecule has 5 nitrogen and oxygen atoms in total. The monoisotopic (exact) mass is 371 g/mol. The van der Waals surface area contributed by atoms with E-state index in [4.69, 9.17) is 20.8 Å². The van der Waals surface area contributed by atoms with Crippen LogP contribution < -0.4 is 5.32 Å². The lowest BCUT2D eigenvalue weighted by Gasteiger charge is -2.12. The fourth-order valence-electron chi connectivity index (χ4n) is 1.47.